The fourth-order valence-corrected chi connectivity index (χ4v) is 2.54. The van der Waals surface area contributed by atoms with E-state index in [9.17, 15) is 4.79 Å². The van der Waals surface area contributed by atoms with Crippen molar-refractivity contribution in [3.05, 3.63) is 0 Å². The Bertz CT molecular complexity index is 253. The molecule has 0 aromatic heterocycles. The fraction of sp³-hybridized carbons (Fsp3) is 0.923. The van der Waals surface area contributed by atoms with Crippen LogP contribution < -0.4 is 10.6 Å². The van der Waals surface area contributed by atoms with Crippen molar-refractivity contribution in [2.45, 2.75) is 38.6 Å². The summed E-state index contributed by atoms with van der Waals surface area (Å²) >= 11 is 0. The molecule has 2 N–H and O–H groups in total. The molecule has 4 heteroatoms. The Hall–Kier alpha value is -0.610. The molecule has 1 atom stereocenters. The molecule has 0 radical (unpaired) electrons. The second kappa shape index (κ2) is 6.36. The number of rotatable bonds is 6. The standard InChI is InChI=1S/C13H25N3O/c1-2-14-13(17)10-16-7-3-4-11(9-16)8-15-12-5-6-12/h11-12,15H,2-10H2,1H3,(H,14,17). The van der Waals surface area contributed by atoms with Gasteiger partial charge in [0.15, 0.2) is 0 Å². The largest absolute Gasteiger partial charge is 0.355 e. The number of hydrogen-bond donors (Lipinski definition) is 2. The third-order valence-electron chi connectivity index (χ3n) is 3.62. The van der Waals surface area contributed by atoms with Gasteiger partial charge in [-0.3, -0.25) is 9.69 Å². The van der Waals surface area contributed by atoms with Gasteiger partial charge in [0.2, 0.25) is 5.91 Å². The molecule has 0 spiro atoms. The number of amides is 1. The monoisotopic (exact) mass is 239 g/mol. The molecule has 1 saturated heterocycles. The van der Waals surface area contributed by atoms with Crippen molar-refractivity contribution in [3.63, 3.8) is 0 Å². The summed E-state index contributed by atoms with van der Waals surface area (Å²) in [6, 6.07) is 0.800. The van der Waals surface area contributed by atoms with Gasteiger partial charge in [-0.25, -0.2) is 0 Å². The topological polar surface area (TPSA) is 44.4 Å². The number of piperidine rings is 1. The third kappa shape index (κ3) is 4.64. The summed E-state index contributed by atoms with van der Waals surface area (Å²) in [5, 5.41) is 6.47. The number of hydrogen-bond acceptors (Lipinski definition) is 3. The van der Waals surface area contributed by atoms with Gasteiger partial charge in [-0.2, -0.15) is 0 Å². The van der Waals surface area contributed by atoms with E-state index in [1.54, 1.807) is 0 Å². The van der Waals surface area contributed by atoms with Gasteiger partial charge in [-0.05, 0) is 51.6 Å². The maximum absolute atomic E-state index is 11.5. The Labute approximate surface area is 104 Å². The number of likely N-dealkylation sites (tertiary alicyclic amines) is 1. The van der Waals surface area contributed by atoms with E-state index < -0.39 is 0 Å². The maximum Gasteiger partial charge on any atom is 0.234 e. The molecule has 4 nitrogen and oxygen atoms in total. The van der Waals surface area contributed by atoms with Gasteiger partial charge in [0, 0.05) is 19.1 Å². The smallest absolute Gasteiger partial charge is 0.234 e. The number of nitrogens with one attached hydrogen (secondary N) is 2. The Morgan fingerprint density at radius 3 is 2.88 bits per heavy atom. The molecule has 2 aliphatic rings. The minimum absolute atomic E-state index is 0.170. The summed E-state index contributed by atoms with van der Waals surface area (Å²) in [6.07, 6.45) is 5.26. The Balaban J connectivity index is 1.66. The lowest BCUT2D eigenvalue weighted by molar-refractivity contribution is -0.122. The minimum Gasteiger partial charge on any atom is -0.355 e. The summed E-state index contributed by atoms with van der Waals surface area (Å²) in [5.74, 6) is 0.905. The fourth-order valence-electron chi connectivity index (χ4n) is 2.54. The molecule has 1 aliphatic carbocycles. The van der Waals surface area contributed by atoms with Gasteiger partial charge in [0.05, 0.1) is 6.54 Å². The molecule has 1 saturated carbocycles. The van der Waals surface area contributed by atoms with Crippen LogP contribution in [0.4, 0.5) is 0 Å². The lowest BCUT2D eigenvalue weighted by Gasteiger charge is -2.32. The zero-order valence-corrected chi connectivity index (χ0v) is 10.9. The Morgan fingerprint density at radius 2 is 2.18 bits per heavy atom. The highest BCUT2D eigenvalue weighted by atomic mass is 16.2. The molecule has 0 bridgehead atoms. The van der Waals surface area contributed by atoms with Gasteiger partial charge >= 0.3 is 0 Å². The molecular formula is C13H25N3O. The zero-order valence-electron chi connectivity index (χ0n) is 10.9. The lowest BCUT2D eigenvalue weighted by Crippen LogP contribution is -2.44. The minimum atomic E-state index is 0.170. The van der Waals surface area contributed by atoms with Crippen LogP contribution >= 0.6 is 0 Å². The van der Waals surface area contributed by atoms with Crippen LogP contribution in [0.25, 0.3) is 0 Å². The van der Waals surface area contributed by atoms with E-state index in [4.69, 9.17) is 0 Å². The number of nitrogens with zero attached hydrogens (tertiary/aromatic N) is 1. The normalized spacial score (nSPS) is 25.8. The van der Waals surface area contributed by atoms with Crippen LogP contribution in [0.3, 0.4) is 0 Å². The highest BCUT2D eigenvalue weighted by molar-refractivity contribution is 5.77. The highest BCUT2D eigenvalue weighted by Crippen LogP contribution is 2.21. The van der Waals surface area contributed by atoms with Gasteiger partial charge in [0.1, 0.15) is 0 Å². The first kappa shape index (κ1) is 12.8. The van der Waals surface area contributed by atoms with Crippen molar-refractivity contribution in [3.8, 4) is 0 Å². The van der Waals surface area contributed by atoms with Crippen LogP contribution in [0.5, 0.6) is 0 Å². The van der Waals surface area contributed by atoms with Gasteiger partial charge < -0.3 is 10.6 Å². The Kier molecular flexibility index (Phi) is 4.80. The average molecular weight is 239 g/mol. The van der Waals surface area contributed by atoms with Crippen molar-refractivity contribution in [2.75, 3.05) is 32.7 Å². The second-order valence-corrected chi connectivity index (χ2v) is 5.38. The number of likely N-dealkylation sites (N-methyl/N-ethyl adjacent to an activating group) is 1. The quantitative estimate of drug-likeness (QED) is 0.713. The molecule has 1 unspecified atom stereocenters. The van der Waals surface area contributed by atoms with E-state index in [0.717, 1.165) is 38.1 Å². The highest BCUT2D eigenvalue weighted by Gasteiger charge is 2.25. The third-order valence-corrected chi connectivity index (χ3v) is 3.62. The first-order valence-corrected chi connectivity index (χ1v) is 7.00. The van der Waals surface area contributed by atoms with Gasteiger partial charge in [-0.15, -0.1) is 0 Å². The lowest BCUT2D eigenvalue weighted by atomic mass is 9.98. The SMILES string of the molecule is CCNC(=O)CN1CCCC(CNC2CC2)C1. The summed E-state index contributed by atoms with van der Waals surface area (Å²) in [4.78, 5) is 13.8. The van der Waals surface area contributed by atoms with E-state index in [-0.39, 0.29) is 5.91 Å². The molecule has 1 aliphatic heterocycles. The average Bonchev–Trinajstić information content (AvgIpc) is 3.11. The maximum atomic E-state index is 11.5. The second-order valence-electron chi connectivity index (χ2n) is 5.38. The first-order valence-electron chi connectivity index (χ1n) is 7.00. The van der Waals surface area contributed by atoms with Crippen LogP contribution in [0, 0.1) is 5.92 Å². The van der Waals surface area contributed by atoms with Crippen molar-refractivity contribution in [1.29, 1.82) is 0 Å². The van der Waals surface area contributed by atoms with E-state index >= 15 is 0 Å². The van der Waals surface area contributed by atoms with Crippen LogP contribution in [0.2, 0.25) is 0 Å². The van der Waals surface area contributed by atoms with Crippen LogP contribution in [-0.4, -0.2) is 49.6 Å². The number of carbonyl (C=O) groups is 1. The molecule has 2 rings (SSSR count). The molecule has 1 heterocycles. The van der Waals surface area contributed by atoms with Crippen LogP contribution in [-0.2, 0) is 4.79 Å². The molecule has 17 heavy (non-hydrogen) atoms. The van der Waals surface area contributed by atoms with E-state index in [1.807, 2.05) is 6.92 Å². The predicted octanol–water partition coefficient (Wildman–Crippen LogP) is 0.587. The first-order chi connectivity index (χ1) is 8.28. The van der Waals surface area contributed by atoms with Crippen molar-refractivity contribution >= 4 is 5.91 Å². The molecule has 98 valence electrons. The molecule has 1 amide bonds. The number of carbonyl (C=O) groups excluding carboxylic acids is 1. The summed E-state index contributed by atoms with van der Waals surface area (Å²) in [5.41, 5.74) is 0. The summed E-state index contributed by atoms with van der Waals surface area (Å²) in [7, 11) is 0. The van der Waals surface area contributed by atoms with Crippen molar-refractivity contribution < 1.29 is 4.79 Å². The van der Waals surface area contributed by atoms with E-state index in [0.29, 0.717) is 6.54 Å². The van der Waals surface area contributed by atoms with Gasteiger partial charge in [-0.1, -0.05) is 0 Å². The molecular weight excluding hydrogens is 214 g/mol. The Morgan fingerprint density at radius 1 is 1.35 bits per heavy atom. The molecule has 0 aromatic carbocycles. The van der Waals surface area contributed by atoms with Gasteiger partial charge in [0.25, 0.3) is 0 Å². The predicted molar refractivity (Wildman–Crippen MR) is 68.9 cm³/mol. The van der Waals surface area contributed by atoms with E-state index in [2.05, 4.69) is 15.5 Å². The van der Waals surface area contributed by atoms with Crippen LogP contribution in [0.1, 0.15) is 32.6 Å². The summed E-state index contributed by atoms with van der Waals surface area (Å²) < 4.78 is 0. The summed E-state index contributed by atoms with van der Waals surface area (Å²) in [6.45, 7) is 6.58. The van der Waals surface area contributed by atoms with Crippen molar-refractivity contribution in [1.82, 2.24) is 15.5 Å². The van der Waals surface area contributed by atoms with Crippen LogP contribution in [0.15, 0.2) is 0 Å². The zero-order chi connectivity index (χ0) is 12.1. The molecule has 0 aromatic rings. The molecule has 2 fully saturated rings. The van der Waals surface area contributed by atoms with Crippen molar-refractivity contribution in [2.24, 2.45) is 5.92 Å². The van der Waals surface area contributed by atoms with E-state index in [1.165, 1.54) is 25.7 Å².